The van der Waals surface area contributed by atoms with E-state index in [1.54, 1.807) is 12.1 Å². The monoisotopic (exact) mass is 208 g/mol. The maximum atomic E-state index is 8.80. The molecule has 0 fully saturated rings. The van der Waals surface area contributed by atoms with Gasteiger partial charge in [-0.3, -0.25) is 0 Å². The average Bonchev–Trinajstić information content (AvgIpc) is 2.72. The summed E-state index contributed by atoms with van der Waals surface area (Å²) in [6, 6.07) is 5.68. The van der Waals surface area contributed by atoms with E-state index in [0.717, 1.165) is 18.6 Å². The molecule has 2 N–H and O–H groups in total. The molecule has 1 aromatic rings. The highest BCUT2D eigenvalue weighted by Crippen LogP contribution is 2.07. The van der Waals surface area contributed by atoms with Crippen molar-refractivity contribution in [2.24, 2.45) is 0 Å². The zero-order chi connectivity index (χ0) is 11.1. The minimum atomic E-state index is 0.188. The fourth-order valence-corrected chi connectivity index (χ4v) is 1.38. The Morgan fingerprint density at radius 3 is 2.93 bits per heavy atom. The fraction of sp³-hybridized carbons (Fsp3) is 0.545. The standard InChI is InChI=1S/C11H16N2O2/c1-2-9(5-6-14)13-8-11-4-3-10(7-12)15-11/h3-4,9,13-14H,2,5-6,8H2,1H3. The average molecular weight is 208 g/mol. The van der Waals surface area contributed by atoms with Crippen LogP contribution in [0.15, 0.2) is 16.5 Å². The number of hydrogen-bond donors (Lipinski definition) is 2. The van der Waals surface area contributed by atoms with Crippen LogP contribution in [0.2, 0.25) is 0 Å². The molecular formula is C11H16N2O2. The van der Waals surface area contributed by atoms with Crippen LogP contribution in [0.4, 0.5) is 0 Å². The van der Waals surface area contributed by atoms with Gasteiger partial charge in [0.25, 0.3) is 0 Å². The molecule has 1 rings (SSSR count). The summed E-state index contributed by atoms with van der Waals surface area (Å²) >= 11 is 0. The topological polar surface area (TPSA) is 69.2 Å². The Morgan fingerprint density at radius 2 is 2.40 bits per heavy atom. The first kappa shape index (κ1) is 11.8. The van der Waals surface area contributed by atoms with Crippen molar-refractivity contribution in [3.8, 4) is 6.07 Å². The van der Waals surface area contributed by atoms with Gasteiger partial charge in [0.15, 0.2) is 0 Å². The first-order valence-electron chi connectivity index (χ1n) is 5.13. The lowest BCUT2D eigenvalue weighted by atomic mass is 10.1. The smallest absolute Gasteiger partial charge is 0.203 e. The van der Waals surface area contributed by atoms with Crippen molar-refractivity contribution in [3.63, 3.8) is 0 Å². The summed E-state index contributed by atoms with van der Waals surface area (Å²) in [5.41, 5.74) is 0. The molecule has 1 atom stereocenters. The molecule has 1 unspecified atom stereocenters. The Balaban J connectivity index is 2.38. The Morgan fingerprint density at radius 1 is 1.60 bits per heavy atom. The molecule has 4 heteroatoms. The fourth-order valence-electron chi connectivity index (χ4n) is 1.38. The van der Waals surface area contributed by atoms with Gasteiger partial charge >= 0.3 is 0 Å². The molecule has 4 nitrogen and oxygen atoms in total. The second kappa shape index (κ2) is 6.23. The van der Waals surface area contributed by atoms with Crippen LogP contribution in [0.25, 0.3) is 0 Å². The van der Waals surface area contributed by atoms with Crippen LogP contribution in [-0.2, 0) is 6.54 Å². The quantitative estimate of drug-likeness (QED) is 0.741. The van der Waals surface area contributed by atoms with E-state index in [4.69, 9.17) is 14.8 Å². The van der Waals surface area contributed by atoms with Crippen molar-refractivity contribution in [2.45, 2.75) is 32.4 Å². The highest BCUT2D eigenvalue weighted by atomic mass is 16.3. The maximum Gasteiger partial charge on any atom is 0.203 e. The van der Waals surface area contributed by atoms with E-state index in [0.29, 0.717) is 18.3 Å². The van der Waals surface area contributed by atoms with Crippen LogP contribution in [0.5, 0.6) is 0 Å². The largest absolute Gasteiger partial charge is 0.449 e. The summed E-state index contributed by atoms with van der Waals surface area (Å²) in [6.07, 6.45) is 1.70. The minimum Gasteiger partial charge on any atom is -0.449 e. The summed E-state index contributed by atoms with van der Waals surface area (Å²) < 4.78 is 5.22. The van der Waals surface area contributed by atoms with E-state index in [-0.39, 0.29) is 6.61 Å². The number of hydrogen-bond acceptors (Lipinski definition) is 4. The van der Waals surface area contributed by atoms with Crippen LogP contribution >= 0.6 is 0 Å². The van der Waals surface area contributed by atoms with E-state index in [9.17, 15) is 0 Å². The van der Waals surface area contributed by atoms with Crippen molar-refractivity contribution in [1.82, 2.24) is 5.32 Å². The van der Waals surface area contributed by atoms with E-state index in [1.165, 1.54) is 0 Å². The first-order valence-corrected chi connectivity index (χ1v) is 5.13. The number of nitriles is 1. The second-order valence-electron chi connectivity index (χ2n) is 3.38. The Kier molecular flexibility index (Phi) is 4.88. The zero-order valence-electron chi connectivity index (χ0n) is 8.86. The summed E-state index contributed by atoms with van der Waals surface area (Å²) in [5, 5.41) is 20.6. The number of nitrogens with zero attached hydrogens (tertiary/aromatic N) is 1. The second-order valence-corrected chi connectivity index (χ2v) is 3.38. The third-order valence-corrected chi connectivity index (χ3v) is 2.31. The third-order valence-electron chi connectivity index (χ3n) is 2.31. The van der Waals surface area contributed by atoms with Gasteiger partial charge in [0.2, 0.25) is 5.76 Å². The molecular weight excluding hydrogens is 192 g/mol. The number of furan rings is 1. The molecule has 82 valence electrons. The molecule has 0 spiro atoms. The number of nitrogens with one attached hydrogen (secondary N) is 1. The molecule has 0 saturated carbocycles. The first-order chi connectivity index (χ1) is 7.30. The van der Waals surface area contributed by atoms with E-state index < -0.39 is 0 Å². The van der Waals surface area contributed by atoms with Crippen molar-refractivity contribution >= 4 is 0 Å². The molecule has 0 amide bonds. The maximum absolute atomic E-state index is 8.80. The predicted molar refractivity (Wildman–Crippen MR) is 56.0 cm³/mol. The van der Waals surface area contributed by atoms with Gasteiger partial charge in [-0.1, -0.05) is 6.92 Å². The Bertz CT molecular complexity index is 328. The van der Waals surface area contributed by atoms with Crippen molar-refractivity contribution in [3.05, 3.63) is 23.7 Å². The molecule has 1 heterocycles. The van der Waals surface area contributed by atoms with E-state index in [2.05, 4.69) is 12.2 Å². The SMILES string of the molecule is CCC(CCO)NCc1ccc(C#N)o1. The van der Waals surface area contributed by atoms with Crippen LogP contribution in [-0.4, -0.2) is 17.8 Å². The van der Waals surface area contributed by atoms with Gasteiger partial charge in [-0.2, -0.15) is 5.26 Å². The van der Waals surface area contributed by atoms with Gasteiger partial charge in [0.1, 0.15) is 11.8 Å². The highest BCUT2D eigenvalue weighted by Gasteiger charge is 2.06. The normalized spacial score (nSPS) is 12.3. The van der Waals surface area contributed by atoms with Crippen molar-refractivity contribution in [1.29, 1.82) is 5.26 Å². The number of aliphatic hydroxyl groups excluding tert-OH is 1. The Labute approximate surface area is 89.5 Å². The highest BCUT2D eigenvalue weighted by molar-refractivity contribution is 5.18. The van der Waals surface area contributed by atoms with Crippen LogP contribution < -0.4 is 5.32 Å². The summed E-state index contributed by atoms with van der Waals surface area (Å²) in [7, 11) is 0. The lowest BCUT2D eigenvalue weighted by Gasteiger charge is -2.14. The van der Waals surface area contributed by atoms with E-state index in [1.807, 2.05) is 6.07 Å². The van der Waals surface area contributed by atoms with E-state index >= 15 is 0 Å². The van der Waals surface area contributed by atoms with Crippen molar-refractivity contribution in [2.75, 3.05) is 6.61 Å². The molecule has 1 aromatic heterocycles. The van der Waals surface area contributed by atoms with Gasteiger partial charge in [-0.05, 0) is 25.0 Å². The Hall–Kier alpha value is -1.31. The van der Waals surface area contributed by atoms with Gasteiger partial charge in [-0.15, -0.1) is 0 Å². The lowest BCUT2D eigenvalue weighted by molar-refractivity contribution is 0.260. The van der Waals surface area contributed by atoms with Crippen LogP contribution in [0.1, 0.15) is 31.3 Å². The van der Waals surface area contributed by atoms with Gasteiger partial charge < -0.3 is 14.8 Å². The van der Waals surface area contributed by atoms with Crippen molar-refractivity contribution < 1.29 is 9.52 Å². The van der Waals surface area contributed by atoms with Gasteiger partial charge in [-0.25, -0.2) is 0 Å². The number of aliphatic hydroxyl groups is 1. The summed E-state index contributed by atoms with van der Waals surface area (Å²) in [4.78, 5) is 0. The third kappa shape index (κ3) is 3.74. The number of rotatable bonds is 6. The molecule has 0 aliphatic carbocycles. The molecule has 0 bridgehead atoms. The van der Waals surface area contributed by atoms with Gasteiger partial charge in [0.05, 0.1) is 6.54 Å². The molecule has 0 aliphatic rings. The summed E-state index contributed by atoms with van der Waals surface area (Å²) in [5.74, 6) is 1.09. The zero-order valence-corrected chi connectivity index (χ0v) is 8.86. The summed E-state index contributed by atoms with van der Waals surface area (Å²) in [6.45, 7) is 2.85. The lowest BCUT2D eigenvalue weighted by Crippen LogP contribution is -2.28. The molecule has 0 saturated heterocycles. The van der Waals surface area contributed by atoms with Crippen LogP contribution in [0, 0.1) is 11.3 Å². The molecule has 15 heavy (non-hydrogen) atoms. The molecule has 0 aliphatic heterocycles. The van der Waals surface area contributed by atoms with Gasteiger partial charge in [0, 0.05) is 12.6 Å². The minimum absolute atomic E-state index is 0.188. The van der Waals surface area contributed by atoms with Crippen LogP contribution in [0.3, 0.4) is 0 Å². The molecule has 0 aromatic carbocycles. The predicted octanol–water partition coefficient (Wildman–Crippen LogP) is 1.40. The molecule has 0 radical (unpaired) electrons.